The summed E-state index contributed by atoms with van der Waals surface area (Å²) in [6, 6.07) is 24.9. The van der Waals surface area contributed by atoms with Crippen molar-refractivity contribution in [1.82, 2.24) is 4.57 Å². The van der Waals surface area contributed by atoms with Gasteiger partial charge in [0.2, 0.25) is 0 Å². The predicted octanol–water partition coefficient (Wildman–Crippen LogP) is 5.01. The van der Waals surface area contributed by atoms with Crippen molar-refractivity contribution in [2.45, 2.75) is 26.0 Å². The summed E-state index contributed by atoms with van der Waals surface area (Å²) < 4.78 is 7.31. The number of benzene rings is 3. The molecule has 0 N–H and O–H groups in total. The maximum Gasteiger partial charge on any atom is 0.308 e. The number of hydrogen-bond acceptors (Lipinski definition) is 3. The summed E-state index contributed by atoms with van der Waals surface area (Å²) >= 11 is 0. The lowest BCUT2D eigenvalue weighted by Gasteiger charge is -2.17. The van der Waals surface area contributed by atoms with Crippen LogP contribution in [0.1, 0.15) is 29.2 Å². The third kappa shape index (κ3) is 2.92. The summed E-state index contributed by atoms with van der Waals surface area (Å²) in [5, 5.41) is 1.63. The van der Waals surface area contributed by atoms with Crippen LogP contribution in [0.2, 0.25) is 0 Å². The molecule has 0 spiro atoms. The zero-order valence-corrected chi connectivity index (χ0v) is 16.7. The van der Waals surface area contributed by atoms with Crippen LogP contribution in [0, 0.1) is 6.92 Å². The molecule has 0 radical (unpaired) electrons. The van der Waals surface area contributed by atoms with Crippen LogP contribution in [0.25, 0.3) is 22.0 Å². The molecule has 0 fully saturated rings. The van der Waals surface area contributed by atoms with E-state index >= 15 is 0 Å². The second-order valence-electron chi connectivity index (χ2n) is 7.65. The maximum atomic E-state index is 13.4. The van der Waals surface area contributed by atoms with E-state index in [0.29, 0.717) is 5.39 Å². The molecule has 2 heterocycles. The number of aromatic nitrogens is 1. The minimum absolute atomic E-state index is 0.0664. The number of carbonyl (C=O) groups excluding carboxylic acids is 1. The van der Waals surface area contributed by atoms with Gasteiger partial charge in [0.05, 0.1) is 18.2 Å². The Morgan fingerprint density at radius 1 is 0.900 bits per heavy atom. The van der Waals surface area contributed by atoms with Crippen molar-refractivity contribution in [3.8, 4) is 11.3 Å². The van der Waals surface area contributed by atoms with Gasteiger partial charge in [-0.2, -0.15) is 0 Å². The van der Waals surface area contributed by atoms with Crippen LogP contribution in [0.5, 0.6) is 0 Å². The van der Waals surface area contributed by atoms with Crippen LogP contribution in [0.15, 0.2) is 83.7 Å². The summed E-state index contributed by atoms with van der Waals surface area (Å²) in [6.45, 7) is 2.27. The fraction of sp³-hybridized carbons (Fsp3) is 0.154. The average molecular weight is 395 g/mol. The number of fused-ring (bicyclic) bond motifs is 4. The van der Waals surface area contributed by atoms with Crippen LogP contribution in [0.4, 0.5) is 0 Å². The summed E-state index contributed by atoms with van der Waals surface area (Å²) in [5.41, 5.74) is 4.83. The highest BCUT2D eigenvalue weighted by molar-refractivity contribution is 5.91. The van der Waals surface area contributed by atoms with Crippen LogP contribution < -0.4 is 5.56 Å². The van der Waals surface area contributed by atoms with Crippen LogP contribution in [-0.2, 0) is 16.1 Å². The van der Waals surface area contributed by atoms with Crippen LogP contribution in [-0.4, -0.2) is 10.5 Å². The average Bonchev–Trinajstić information content (AvgIpc) is 3.11. The van der Waals surface area contributed by atoms with Gasteiger partial charge in [-0.3, -0.25) is 14.2 Å². The number of pyridine rings is 1. The normalized spacial score (nSPS) is 14.4. The molecule has 0 saturated carbocycles. The molecule has 3 aromatic carbocycles. The van der Waals surface area contributed by atoms with Crippen LogP contribution in [0.3, 0.4) is 0 Å². The van der Waals surface area contributed by atoms with Gasteiger partial charge in [-0.15, -0.1) is 0 Å². The third-order valence-electron chi connectivity index (χ3n) is 5.87. The molecule has 1 atom stereocenters. The zero-order valence-electron chi connectivity index (χ0n) is 16.7. The Morgan fingerprint density at radius 3 is 2.37 bits per heavy atom. The van der Waals surface area contributed by atoms with Crippen molar-refractivity contribution in [1.29, 1.82) is 0 Å². The molecule has 0 aliphatic carbocycles. The van der Waals surface area contributed by atoms with Crippen molar-refractivity contribution < 1.29 is 9.53 Å². The number of rotatable bonds is 4. The van der Waals surface area contributed by atoms with Gasteiger partial charge < -0.3 is 4.74 Å². The van der Waals surface area contributed by atoms with E-state index < -0.39 is 0 Å². The van der Waals surface area contributed by atoms with Crippen molar-refractivity contribution >= 4 is 16.7 Å². The molecule has 148 valence electrons. The number of hydrogen-bond donors (Lipinski definition) is 0. The van der Waals surface area contributed by atoms with E-state index in [4.69, 9.17) is 4.74 Å². The molecule has 4 aromatic rings. The Hall–Kier alpha value is -3.66. The van der Waals surface area contributed by atoms with E-state index in [1.165, 1.54) is 0 Å². The van der Waals surface area contributed by atoms with E-state index in [0.717, 1.165) is 33.3 Å². The fourth-order valence-electron chi connectivity index (χ4n) is 4.46. The van der Waals surface area contributed by atoms with Gasteiger partial charge in [-0.1, -0.05) is 72.8 Å². The first-order chi connectivity index (χ1) is 14.6. The third-order valence-corrected chi connectivity index (χ3v) is 5.87. The highest BCUT2D eigenvalue weighted by Crippen LogP contribution is 2.43. The topological polar surface area (TPSA) is 48.3 Å². The number of carbonyl (C=O) groups is 1. The van der Waals surface area contributed by atoms with Crippen molar-refractivity contribution in [3.05, 3.63) is 106 Å². The Bertz CT molecular complexity index is 1320. The van der Waals surface area contributed by atoms with Crippen molar-refractivity contribution in [2.75, 3.05) is 0 Å². The Balaban J connectivity index is 1.56. The van der Waals surface area contributed by atoms with E-state index in [-0.39, 0.29) is 30.6 Å². The molecule has 1 aliphatic rings. The molecule has 1 aliphatic heterocycles. The minimum Gasteiger partial charge on any atom is -0.461 e. The van der Waals surface area contributed by atoms with Gasteiger partial charge in [0.15, 0.2) is 0 Å². The van der Waals surface area contributed by atoms with Gasteiger partial charge in [0, 0.05) is 10.9 Å². The fourth-order valence-corrected chi connectivity index (χ4v) is 4.46. The molecule has 4 nitrogen and oxygen atoms in total. The lowest BCUT2D eigenvalue weighted by molar-refractivity contribution is -0.145. The highest BCUT2D eigenvalue weighted by Gasteiger charge is 2.33. The molecule has 0 bridgehead atoms. The number of esters is 1. The lowest BCUT2D eigenvalue weighted by atomic mass is 9.98. The molecule has 0 amide bonds. The first-order valence-electron chi connectivity index (χ1n) is 10.1. The number of aryl methyl sites for hydroxylation is 1. The van der Waals surface area contributed by atoms with Gasteiger partial charge >= 0.3 is 5.97 Å². The number of ether oxygens (including phenoxy) is 1. The maximum absolute atomic E-state index is 13.4. The van der Waals surface area contributed by atoms with E-state index in [1.807, 2.05) is 85.8 Å². The predicted molar refractivity (Wildman–Crippen MR) is 117 cm³/mol. The SMILES string of the molecule is Cc1c2n(c(=O)c3ccccc13)C(CC(=O)OCc1ccccc1)c1ccccc1-2. The molecule has 30 heavy (non-hydrogen) atoms. The summed E-state index contributed by atoms with van der Waals surface area (Å²) in [7, 11) is 0. The van der Waals surface area contributed by atoms with E-state index in [9.17, 15) is 9.59 Å². The van der Waals surface area contributed by atoms with E-state index in [2.05, 4.69) is 0 Å². The smallest absolute Gasteiger partial charge is 0.308 e. The molecule has 1 unspecified atom stereocenters. The monoisotopic (exact) mass is 395 g/mol. The second kappa shape index (κ2) is 7.30. The zero-order chi connectivity index (χ0) is 20.7. The second-order valence-corrected chi connectivity index (χ2v) is 7.65. The Morgan fingerprint density at radius 2 is 1.57 bits per heavy atom. The molecular weight excluding hydrogens is 374 g/mol. The highest BCUT2D eigenvalue weighted by atomic mass is 16.5. The van der Waals surface area contributed by atoms with E-state index in [1.54, 1.807) is 4.57 Å². The number of nitrogens with zero attached hydrogens (tertiary/aromatic N) is 1. The molecular formula is C26H21NO3. The first-order valence-corrected chi connectivity index (χ1v) is 10.1. The molecule has 0 saturated heterocycles. The van der Waals surface area contributed by atoms with Gasteiger partial charge in [-0.05, 0) is 35.1 Å². The molecule has 4 heteroatoms. The van der Waals surface area contributed by atoms with Crippen molar-refractivity contribution in [3.63, 3.8) is 0 Å². The molecule has 5 rings (SSSR count). The summed E-state index contributed by atoms with van der Waals surface area (Å²) in [4.78, 5) is 26.1. The largest absolute Gasteiger partial charge is 0.461 e. The summed E-state index contributed by atoms with van der Waals surface area (Å²) in [6.07, 6.45) is 0.120. The molecule has 1 aromatic heterocycles. The van der Waals surface area contributed by atoms with Gasteiger partial charge in [0.25, 0.3) is 5.56 Å². The van der Waals surface area contributed by atoms with Crippen LogP contribution >= 0.6 is 0 Å². The van der Waals surface area contributed by atoms with Gasteiger partial charge in [0.1, 0.15) is 6.61 Å². The Labute approximate surface area is 174 Å². The van der Waals surface area contributed by atoms with Gasteiger partial charge in [-0.25, -0.2) is 0 Å². The summed E-state index contributed by atoms with van der Waals surface area (Å²) in [5.74, 6) is -0.316. The quantitative estimate of drug-likeness (QED) is 0.456. The minimum atomic E-state index is -0.365. The van der Waals surface area contributed by atoms with Crippen molar-refractivity contribution in [2.24, 2.45) is 0 Å². The Kier molecular flexibility index (Phi) is 4.47. The standard InChI is InChI=1S/C26H21NO3/c1-17-19-11-5-8-14-22(19)26(29)27-23(20-12-6-7-13-21(20)25(17)27)15-24(28)30-16-18-9-3-2-4-10-18/h2-14,23H,15-16H2,1H3. The lowest BCUT2D eigenvalue weighted by Crippen LogP contribution is -2.26. The first kappa shape index (κ1) is 18.4.